The molecule has 0 atom stereocenters. The maximum atomic E-state index is 13.3. The van der Waals surface area contributed by atoms with Crippen molar-refractivity contribution in [2.24, 2.45) is 0 Å². The molecular formula is C26H17BrO. The molecular weight excluding hydrogens is 408 g/mol. The zero-order chi connectivity index (χ0) is 19.1. The summed E-state index contributed by atoms with van der Waals surface area (Å²) in [6.45, 7) is 0. The van der Waals surface area contributed by atoms with E-state index >= 15 is 0 Å². The Hall–Kier alpha value is -2.97. The number of carbonyl (C=O) groups is 1. The van der Waals surface area contributed by atoms with Crippen molar-refractivity contribution in [3.8, 4) is 0 Å². The van der Waals surface area contributed by atoms with Crippen LogP contribution in [-0.2, 0) is 5.41 Å². The lowest BCUT2D eigenvalue weighted by Crippen LogP contribution is -2.38. The largest absolute Gasteiger partial charge is 0.289 e. The number of benzene rings is 4. The van der Waals surface area contributed by atoms with Gasteiger partial charge in [-0.1, -0.05) is 107 Å². The standard InChI is InChI=1S/C26H17BrO/c27-20-16-14-19(15-17-20)26(18-8-2-1-3-9-18)23-12-6-4-10-21(23)25(28)22-11-5-7-13-24(22)26/h1-17H. The smallest absolute Gasteiger partial charge is 0.193 e. The Morgan fingerprint density at radius 3 is 1.57 bits per heavy atom. The number of halogens is 1. The van der Waals surface area contributed by atoms with Crippen LogP contribution in [0.25, 0.3) is 0 Å². The molecule has 0 bridgehead atoms. The third kappa shape index (κ3) is 2.35. The molecule has 1 aliphatic carbocycles. The van der Waals surface area contributed by atoms with Crippen molar-refractivity contribution in [1.29, 1.82) is 0 Å². The van der Waals surface area contributed by atoms with E-state index in [0.29, 0.717) is 0 Å². The van der Waals surface area contributed by atoms with Gasteiger partial charge in [0, 0.05) is 15.6 Å². The van der Waals surface area contributed by atoms with Gasteiger partial charge in [0.05, 0.1) is 5.41 Å². The van der Waals surface area contributed by atoms with Gasteiger partial charge in [0.1, 0.15) is 0 Å². The molecule has 28 heavy (non-hydrogen) atoms. The predicted octanol–water partition coefficient (Wildman–Crippen LogP) is 6.38. The molecule has 0 aliphatic heterocycles. The molecule has 0 fully saturated rings. The predicted molar refractivity (Wildman–Crippen MR) is 116 cm³/mol. The van der Waals surface area contributed by atoms with Crippen molar-refractivity contribution in [2.45, 2.75) is 5.41 Å². The molecule has 1 nitrogen and oxygen atoms in total. The minimum absolute atomic E-state index is 0.0925. The van der Waals surface area contributed by atoms with Crippen LogP contribution in [0.15, 0.2) is 108 Å². The molecule has 4 aromatic rings. The van der Waals surface area contributed by atoms with Crippen molar-refractivity contribution >= 4 is 21.7 Å². The third-order valence-electron chi connectivity index (χ3n) is 5.64. The lowest BCUT2D eigenvalue weighted by Gasteiger charge is -2.41. The quantitative estimate of drug-likeness (QED) is 0.321. The number of carbonyl (C=O) groups excluding carboxylic acids is 1. The van der Waals surface area contributed by atoms with Gasteiger partial charge >= 0.3 is 0 Å². The summed E-state index contributed by atoms with van der Waals surface area (Å²) in [5.41, 5.74) is 5.38. The minimum atomic E-state index is -0.539. The number of ketones is 1. The Morgan fingerprint density at radius 2 is 1.00 bits per heavy atom. The molecule has 5 rings (SSSR count). The van der Waals surface area contributed by atoms with Crippen LogP contribution in [0.3, 0.4) is 0 Å². The van der Waals surface area contributed by atoms with Crippen LogP contribution >= 0.6 is 15.9 Å². The fourth-order valence-electron chi connectivity index (χ4n) is 4.48. The second kappa shape index (κ2) is 6.57. The Balaban J connectivity index is 1.99. The average Bonchev–Trinajstić information content (AvgIpc) is 2.76. The van der Waals surface area contributed by atoms with E-state index < -0.39 is 5.41 Å². The van der Waals surface area contributed by atoms with Gasteiger partial charge in [-0.3, -0.25) is 4.79 Å². The second-order valence-electron chi connectivity index (χ2n) is 7.04. The van der Waals surface area contributed by atoms with Crippen molar-refractivity contribution < 1.29 is 4.79 Å². The van der Waals surface area contributed by atoms with Crippen molar-refractivity contribution in [3.05, 3.63) is 141 Å². The van der Waals surface area contributed by atoms with E-state index in [9.17, 15) is 4.79 Å². The molecule has 0 spiro atoms. The van der Waals surface area contributed by atoms with E-state index in [1.807, 2.05) is 42.5 Å². The molecule has 0 unspecified atom stereocenters. The monoisotopic (exact) mass is 424 g/mol. The van der Waals surface area contributed by atoms with E-state index in [4.69, 9.17) is 0 Å². The fourth-order valence-corrected chi connectivity index (χ4v) is 4.75. The molecule has 0 amide bonds. The van der Waals surface area contributed by atoms with E-state index in [-0.39, 0.29) is 5.78 Å². The minimum Gasteiger partial charge on any atom is -0.289 e. The highest BCUT2D eigenvalue weighted by molar-refractivity contribution is 9.10. The Morgan fingerprint density at radius 1 is 0.536 bits per heavy atom. The molecule has 0 heterocycles. The third-order valence-corrected chi connectivity index (χ3v) is 6.16. The van der Waals surface area contributed by atoms with Gasteiger partial charge in [0.15, 0.2) is 5.78 Å². The Labute approximate surface area is 172 Å². The fraction of sp³-hybridized carbons (Fsp3) is 0.0385. The first-order valence-electron chi connectivity index (χ1n) is 9.28. The first-order valence-corrected chi connectivity index (χ1v) is 10.1. The molecule has 0 saturated carbocycles. The highest BCUT2D eigenvalue weighted by Gasteiger charge is 2.45. The summed E-state index contributed by atoms with van der Waals surface area (Å²) >= 11 is 3.56. The van der Waals surface area contributed by atoms with Crippen LogP contribution < -0.4 is 0 Å². The summed E-state index contributed by atoms with van der Waals surface area (Å²) in [5, 5.41) is 0. The summed E-state index contributed by atoms with van der Waals surface area (Å²) in [5.74, 6) is 0.0925. The number of hydrogen-bond acceptors (Lipinski definition) is 1. The second-order valence-corrected chi connectivity index (χ2v) is 7.96. The van der Waals surface area contributed by atoms with Crippen molar-refractivity contribution in [1.82, 2.24) is 0 Å². The average molecular weight is 425 g/mol. The topological polar surface area (TPSA) is 17.1 Å². The molecule has 1 aliphatic rings. The first-order chi connectivity index (χ1) is 13.7. The lowest BCUT2D eigenvalue weighted by atomic mass is 9.59. The molecule has 2 heteroatoms. The molecule has 0 aromatic heterocycles. The van der Waals surface area contributed by atoms with Crippen LogP contribution in [0.5, 0.6) is 0 Å². The first kappa shape index (κ1) is 17.2. The van der Waals surface area contributed by atoms with Gasteiger partial charge in [-0.05, 0) is 34.4 Å². The van der Waals surface area contributed by atoms with Crippen molar-refractivity contribution in [2.75, 3.05) is 0 Å². The summed E-state index contributed by atoms with van der Waals surface area (Å²) in [6, 6.07) is 35.0. The summed E-state index contributed by atoms with van der Waals surface area (Å²) in [7, 11) is 0. The molecule has 0 saturated heterocycles. The van der Waals surface area contributed by atoms with E-state index in [1.54, 1.807) is 0 Å². The molecule has 134 valence electrons. The van der Waals surface area contributed by atoms with Crippen LogP contribution in [0.4, 0.5) is 0 Å². The highest BCUT2D eigenvalue weighted by Crippen LogP contribution is 2.50. The van der Waals surface area contributed by atoms with Gasteiger partial charge in [0.25, 0.3) is 0 Å². The van der Waals surface area contributed by atoms with Crippen molar-refractivity contribution in [3.63, 3.8) is 0 Å². The maximum absolute atomic E-state index is 13.3. The highest BCUT2D eigenvalue weighted by atomic mass is 79.9. The normalized spacial score (nSPS) is 14.2. The summed E-state index contributed by atoms with van der Waals surface area (Å²) in [6.07, 6.45) is 0. The summed E-state index contributed by atoms with van der Waals surface area (Å²) in [4.78, 5) is 13.3. The van der Waals surface area contributed by atoms with E-state index in [0.717, 1.165) is 37.9 Å². The van der Waals surface area contributed by atoms with Crippen LogP contribution in [-0.4, -0.2) is 5.78 Å². The zero-order valence-electron chi connectivity index (χ0n) is 15.1. The van der Waals surface area contributed by atoms with Gasteiger partial charge < -0.3 is 0 Å². The molecule has 0 N–H and O–H groups in total. The number of rotatable bonds is 2. The SMILES string of the molecule is O=C1c2ccccc2C(c2ccccc2)(c2ccc(Br)cc2)c2ccccc21. The zero-order valence-corrected chi connectivity index (χ0v) is 16.7. The lowest BCUT2D eigenvalue weighted by molar-refractivity contribution is 0.103. The molecule has 4 aromatic carbocycles. The van der Waals surface area contributed by atoms with Gasteiger partial charge in [-0.25, -0.2) is 0 Å². The molecule has 0 radical (unpaired) electrons. The van der Waals surface area contributed by atoms with Gasteiger partial charge in [0.2, 0.25) is 0 Å². The maximum Gasteiger partial charge on any atom is 0.193 e. The van der Waals surface area contributed by atoms with Gasteiger partial charge in [-0.15, -0.1) is 0 Å². The van der Waals surface area contributed by atoms with E-state index in [1.165, 1.54) is 0 Å². The van der Waals surface area contributed by atoms with E-state index in [2.05, 4.69) is 76.6 Å². The Bertz CT molecular complexity index is 1130. The van der Waals surface area contributed by atoms with Crippen LogP contribution in [0, 0.1) is 0 Å². The van der Waals surface area contributed by atoms with Crippen LogP contribution in [0.1, 0.15) is 38.2 Å². The van der Waals surface area contributed by atoms with Gasteiger partial charge in [-0.2, -0.15) is 0 Å². The summed E-state index contributed by atoms with van der Waals surface area (Å²) < 4.78 is 1.04. The number of fused-ring (bicyclic) bond motifs is 2. The number of hydrogen-bond donors (Lipinski definition) is 0. The Kier molecular flexibility index (Phi) is 4.03. The van der Waals surface area contributed by atoms with Crippen LogP contribution in [0.2, 0.25) is 0 Å².